The highest BCUT2D eigenvalue weighted by molar-refractivity contribution is 8.45. The van der Waals surface area contributed by atoms with Crippen LogP contribution >= 0.6 is 23.5 Å². The van der Waals surface area contributed by atoms with Crippen LogP contribution < -0.4 is 0 Å². The molecule has 92 valence electrons. The average molecular weight is 280 g/mol. The van der Waals surface area contributed by atoms with E-state index in [1.165, 1.54) is 23.9 Å². The second-order valence-electron chi connectivity index (χ2n) is 3.32. The minimum atomic E-state index is -0.474. The maximum Gasteiger partial charge on any atom is 0.276 e. The number of benzene rings is 1. The molecule has 5 nitrogen and oxygen atoms in total. The van der Waals surface area contributed by atoms with Gasteiger partial charge in [-0.25, -0.2) is 4.99 Å². The Morgan fingerprint density at radius 1 is 1.44 bits per heavy atom. The summed E-state index contributed by atoms with van der Waals surface area (Å²) in [4.78, 5) is 26.1. The van der Waals surface area contributed by atoms with E-state index >= 15 is 0 Å². The fourth-order valence-electron chi connectivity index (χ4n) is 1.40. The van der Waals surface area contributed by atoms with E-state index in [-0.39, 0.29) is 16.5 Å². The van der Waals surface area contributed by atoms with Crippen molar-refractivity contribution in [3.05, 3.63) is 45.6 Å². The molecule has 0 fully saturated rings. The van der Waals surface area contributed by atoms with Gasteiger partial charge in [-0.3, -0.25) is 14.9 Å². The van der Waals surface area contributed by atoms with E-state index in [1.54, 1.807) is 18.2 Å². The molecule has 0 radical (unpaired) electrons. The summed E-state index contributed by atoms with van der Waals surface area (Å²) in [7, 11) is 0. The van der Waals surface area contributed by atoms with E-state index < -0.39 is 4.92 Å². The van der Waals surface area contributed by atoms with Gasteiger partial charge in [-0.05, 0) is 30.2 Å². The van der Waals surface area contributed by atoms with Gasteiger partial charge in [-0.15, -0.1) is 11.8 Å². The van der Waals surface area contributed by atoms with E-state index in [9.17, 15) is 14.9 Å². The van der Waals surface area contributed by atoms with Gasteiger partial charge in [-0.2, -0.15) is 0 Å². The molecule has 7 heteroatoms. The third-order valence-electron chi connectivity index (χ3n) is 2.20. The van der Waals surface area contributed by atoms with Crippen LogP contribution in [0.15, 0.2) is 35.0 Å². The van der Waals surface area contributed by atoms with E-state index in [2.05, 4.69) is 4.99 Å². The summed E-state index contributed by atoms with van der Waals surface area (Å²) < 4.78 is 0.657. The van der Waals surface area contributed by atoms with Crippen molar-refractivity contribution >= 4 is 44.8 Å². The Morgan fingerprint density at radius 2 is 2.17 bits per heavy atom. The number of rotatable bonds is 2. The lowest BCUT2D eigenvalue weighted by molar-refractivity contribution is -0.385. The monoisotopic (exact) mass is 280 g/mol. The highest BCUT2D eigenvalue weighted by Gasteiger charge is 2.22. The summed E-state index contributed by atoms with van der Waals surface area (Å²) in [6.07, 6.45) is 3.28. The van der Waals surface area contributed by atoms with E-state index in [0.717, 1.165) is 11.8 Å². The first kappa shape index (κ1) is 12.8. The summed E-state index contributed by atoms with van der Waals surface area (Å²) in [5.41, 5.74) is 0.604. The van der Waals surface area contributed by atoms with Crippen molar-refractivity contribution in [3.63, 3.8) is 0 Å². The molecule has 0 bridgehead atoms. The Balaban J connectivity index is 2.43. The van der Waals surface area contributed by atoms with Gasteiger partial charge in [0.05, 0.1) is 10.5 Å². The van der Waals surface area contributed by atoms with E-state index in [4.69, 9.17) is 0 Å². The smallest absolute Gasteiger partial charge is 0.276 e. The van der Waals surface area contributed by atoms with Crippen molar-refractivity contribution in [2.24, 2.45) is 4.99 Å². The molecular weight excluding hydrogens is 272 g/mol. The number of nitrogens with zero attached hydrogens (tertiary/aromatic N) is 2. The number of nitro benzene ring substituents is 1. The number of thioether (sulfide) groups is 2. The molecule has 2 rings (SSSR count). The Bertz CT molecular complexity index is 581. The van der Waals surface area contributed by atoms with Gasteiger partial charge in [0.15, 0.2) is 0 Å². The lowest BCUT2D eigenvalue weighted by Crippen LogP contribution is -1.93. The Kier molecular flexibility index (Phi) is 3.83. The second kappa shape index (κ2) is 5.36. The van der Waals surface area contributed by atoms with Gasteiger partial charge >= 0.3 is 0 Å². The van der Waals surface area contributed by atoms with Gasteiger partial charge < -0.3 is 0 Å². The number of nitro groups is 1. The van der Waals surface area contributed by atoms with Crippen LogP contribution in [-0.2, 0) is 4.79 Å². The van der Waals surface area contributed by atoms with Crippen LogP contribution in [0.4, 0.5) is 5.69 Å². The molecule has 0 saturated carbocycles. The predicted molar refractivity (Wildman–Crippen MR) is 74.6 cm³/mol. The molecule has 1 aromatic rings. The number of para-hydroxylation sites is 1. The molecule has 0 aliphatic carbocycles. The molecule has 0 unspecified atom stereocenters. The van der Waals surface area contributed by atoms with E-state index in [1.807, 2.05) is 6.26 Å². The van der Waals surface area contributed by atoms with Crippen molar-refractivity contribution in [3.8, 4) is 0 Å². The van der Waals surface area contributed by atoms with Crippen molar-refractivity contribution in [2.75, 3.05) is 6.26 Å². The first-order valence-corrected chi connectivity index (χ1v) is 6.96. The second-order valence-corrected chi connectivity index (χ2v) is 5.33. The zero-order chi connectivity index (χ0) is 13.1. The first-order chi connectivity index (χ1) is 8.61. The highest BCUT2D eigenvalue weighted by Crippen LogP contribution is 2.31. The molecule has 1 aromatic carbocycles. The van der Waals surface area contributed by atoms with Crippen LogP contribution in [-0.4, -0.2) is 20.7 Å². The molecule has 1 aliphatic rings. The third-order valence-corrected chi connectivity index (χ3v) is 4.05. The standard InChI is InChI=1S/C11H8N2O3S2/c1-17-11-12-8(10(14)18-11)6-7-4-2-3-5-9(7)13(15)16/h2-6H,1H3. The Morgan fingerprint density at radius 3 is 2.78 bits per heavy atom. The van der Waals surface area contributed by atoms with Crippen molar-refractivity contribution in [1.29, 1.82) is 0 Å². The number of carbonyl (C=O) groups is 1. The number of hydrogen-bond donors (Lipinski definition) is 0. The number of carbonyl (C=O) groups excluding carboxylic acids is 1. The van der Waals surface area contributed by atoms with Crippen LogP contribution in [0.3, 0.4) is 0 Å². The van der Waals surface area contributed by atoms with Gasteiger partial charge in [0.1, 0.15) is 10.1 Å². The van der Waals surface area contributed by atoms with Gasteiger partial charge in [0.2, 0.25) is 5.12 Å². The number of hydrogen-bond acceptors (Lipinski definition) is 6. The van der Waals surface area contributed by atoms with Gasteiger partial charge in [0.25, 0.3) is 5.69 Å². The maximum absolute atomic E-state index is 11.6. The van der Waals surface area contributed by atoms with Gasteiger partial charge in [0, 0.05) is 6.07 Å². The summed E-state index contributed by atoms with van der Waals surface area (Å²) in [5.74, 6) is 0. The van der Waals surface area contributed by atoms with Crippen molar-refractivity contribution < 1.29 is 9.72 Å². The van der Waals surface area contributed by atoms with Crippen LogP contribution in [0.1, 0.15) is 5.56 Å². The summed E-state index contributed by atoms with van der Waals surface area (Å²) in [5, 5.41) is 10.7. The fraction of sp³-hybridized carbons (Fsp3) is 0.0909. The van der Waals surface area contributed by atoms with Crippen LogP contribution in [0.2, 0.25) is 0 Å². The summed E-state index contributed by atoms with van der Waals surface area (Å²) >= 11 is 2.42. The molecule has 0 spiro atoms. The van der Waals surface area contributed by atoms with Crippen LogP contribution in [0, 0.1) is 10.1 Å². The minimum absolute atomic E-state index is 0.0319. The number of aliphatic imine (C=N–C) groups is 1. The van der Waals surface area contributed by atoms with Gasteiger partial charge in [-0.1, -0.05) is 12.1 Å². The zero-order valence-corrected chi connectivity index (χ0v) is 11.0. The lowest BCUT2D eigenvalue weighted by Gasteiger charge is -1.96. The van der Waals surface area contributed by atoms with Crippen molar-refractivity contribution in [1.82, 2.24) is 0 Å². The summed E-state index contributed by atoms with van der Waals surface area (Å²) in [6, 6.07) is 6.26. The highest BCUT2D eigenvalue weighted by atomic mass is 32.2. The third kappa shape index (κ3) is 2.62. The molecule has 0 N–H and O–H groups in total. The normalized spacial score (nSPS) is 17.1. The summed E-state index contributed by atoms with van der Waals surface area (Å²) in [6.45, 7) is 0. The van der Waals surface area contributed by atoms with Crippen LogP contribution in [0.5, 0.6) is 0 Å². The SMILES string of the molecule is CSC1=NC(=Cc2ccccc2[N+](=O)[O-])C(=O)S1. The molecule has 0 amide bonds. The molecule has 0 saturated heterocycles. The lowest BCUT2D eigenvalue weighted by atomic mass is 10.1. The molecule has 1 aliphatic heterocycles. The topological polar surface area (TPSA) is 72.6 Å². The molecule has 1 heterocycles. The predicted octanol–water partition coefficient (Wildman–Crippen LogP) is 2.93. The van der Waals surface area contributed by atoms with Crippen LogP contribution in [0.25, 0.3) is 6.08 Å². The first-order valence-electron chi connectivity index (χ1n) is 4.92. The molecule has 0 aromatic heterocycles. The zero-order valence-electron chi connectivity index (χ0n) is 9.32. The molecule has 0 atom stereocenters. The fourth-order valence-corrected chi connectivity index (χ4v) is 2.66. The minimum Gasteiger partial charge on any atom is -0.279 e. The van der Waals surface area contributed by atoms with E-state index in [0.29, 0.717) is 9.94 Å². The largest absolute Gasteiger partial charge is 0.279 e. The average Bonchev–Trinajstić information content (AvgIpc) is 2.71. The van der Waals surface area contributed by atoms with Crippen molar-refractivity contribution in [2.45, 2.75) is 0 Å². The maximum atomic E-state index is 11.6. The quantitative estimate of drug-likeness (QED) is 0.473. The molecular formula is C11H8N2O3S2. The molecule has 18 heavy (non-hydrogen) atoms. The Labute approximate surface area is 112 Å². The Hall–Kier alpha value is -1.60.